The molecule has 29 heavy (non-hydrogen) atoms. The maximum absolute atomic E-state index is 12.8. The fourth-order valence-electron chi connectivity index (χ4n) is 2.74. The Bertz CT molecular complexity index is 949. The normalized spacial score (nSPS) is 20.9. The summed E-state index contributed by atoms with van der Waals surface area (Å²) in [4.78, 5) is 47.5. The summed E-state index contributed by atoms with van der Waals surface area (Å²) in [5.41, 5.74) is -1.78. The monoisotopic (exact) mass is 400 g/mol. The van der Waals surface area contributed by atoms with E-state index in [1.54, 1.807) is 24.3 Å². The molecule has 1 aromatic carbocycles. The minimum atomic E-state index is -1.86. The Morgan fingerprint density at radius 1 is 1.07 bits per heavy atom. The van der Waals surface area contributed by atoms with Crippen LogP contribution >= 0.6 is 0 Å². The van der Waals surface area contributed by atoms with Crippen molar-refractivity contribution in [2.24, 2.45) is 0 Å². The Hall–Kier alpha value is -3.68. The molecule has 8 heteroatoms. The van der Waals surface area contributed by atoms with E-state index in [0.717, 1.165) is 13.0 Å². The zero-order valence-corrected chi connectivity index (χ0v) is 16.3. The summed E-state index contributed by atoms with van der Waals surface area (Å²) in [6, 6.07) is 6.33. The number of carbonyl (C=O) groups is 4. The van der Waals surface area contributed by atoms with E-state index in [4.69, 9.17) is 14.2 Å². The van der Waals surface area contributed by atoms with E-state index < -0.39 is 40.4 Å². The molecule has 1 aliphatic rings. The number of esters is 2. The van der Waals surface area contributed by atoms with Crippen LogP contribution < -0.4 is 4.74 Å². The fraction of sp³-hybridized carbons (Fsp3) is 0.238. The van der Waals surface area contributed by atoms with E-state index in [2.05, 4.69) is 0 Å². The smallest absolute Gasteiger partial charge is 0.308 e. The van der Waals surface area contributed by atoms with Crippen molar-refractivity contribution in [3.8, 4) is 5.75 Å². The minimum Gasteiger partial charge on any atom is -0.507 e. The first-order chi connectivity index (χ1) is 13.6. The number of Topliss-reactive ketones (excluding diaryl/α,β-unsaturated/α-hetero) is 1. The van der Waals surface area contributed by atoms with Crippen LogP contribution in [-0.2, 0) is 28.7 Å². The van der Waals surface area contributed by atoms with E-state index in [1.165, 1.54) is 33.1 Å². The van der Waals surface area contributed by atoms with E-state index in [1.807, 2.05) is 0 Å². The standard InChI is InChI=1S/C21H20O8/c1-12(22)28-15-8-5-14(6-9-15)7-10-16(24)19-17(25)11-18(27-4)21(3,20(19)26)29-13(2)23/h5-11,24H,1-4H3/b10-7+,19-16+/t21-/m0/s1. The van der Waals surface area contributed by atoms with Gasteiger partial charge < -0.3 is 19.3 Å². The number of ether oxygens (including phenoxy) is 3. The number of methoxy groups -OCH3 is 1. The highest BCUT2D eigenvalue weighted by molar-refractivity contribution is 6.30. The third kappa shape index (κ3) is 4.78. The SMILES string of the molecule is COC1=CC(=O)/C(=C(O)/C=C/c2ccc(OC(C)=O)cc2)C(=O)[C@@]1(C)OC(C)=O. The summed E-state index contributed by atoms with van der Waals surface area (Å²) in [7, 11) is 1.24. The van der Waals surface area contributed by atoms with Gasteiger partial charge in [-0.3, -0.25) is 19.2 Å². The van der Waals surface area contributed by atoms with Crippen molar-refractivity contribution >= 4 is 29.6 Å². The van der Waals surface area contributed by atoms with E-state index in [9.17, 15) is 24.3 Å². The predicted molar refractivity (Wildman–Crippen MR) is 102 cm³/mol. The summed E-state index contributed by atoms with van der Waals surface area (Å²) in [5.74, 6) is -3.25. The van der Waals surface area contributed by atoms with Crippen LogP contribution in [0.2, 0.25) is 0 Å². The quantitative estimate of drug-likeness (QED) is 0.263. The van der Waals surface area contributed by atoms with Gasteiger partial charge in [-0.15, -0.1) is 0 Å². The molecule has 152 valence electrons. The highest BCUT2D eigenvalue weighted by Gasteiger charge is 2.49. The van der Waals surface area contributed by atoms with Crippen LogP contribution in [0.3, 0.4) is 0 Å². The average Bonchev–Trinajstić information content (AvgIpc) is 2.63. The molecule has 0 amide bonds. The molecule has 0 aromatic heterocycles. The Balaban J connectivity index is 2.37. The van der Waals surface area contributed by atoms with Crippen molar-refractivity contribution in [3.63, 3.8) is 0 Å². The van der Waals surface area contributed by atoms with Gasteiger partial charge in [-0.05, 0) is 30.7 Å². The number of ketones is 2. The number of aliphatic hydroxyl groups is 1. The molecule has 1 N–H and O–H groups in total. The van der Waals surface area contributed by atoms with Gasteiger partial charge in [0.05, 0.1) is 7.11 Å². The maximum atomic E-state index is 12.8. The number of carbonyl (C=O) groups excluding carboxylic acids is 4. The second kappa shape index (κ2) is 8.55. The Kier molecular flexibility index (Phi) is 6.38. The predicted octanol–water partition coefficient (Wildman–Crippen LogP) is 2.44. The van der Waals surface area contributed by atoms with Crippen molar-refractivity contribution in [1.82, 2.24) is 0 Å². The Morgan fingerprint density at radius 3 is 2.21 bits per heavy atom. The van der Waals surface area contributed by atoms with Crippen molar-refractivity contribution in [2.45, 2.75) is 26.4 Å². The molecule has 0 bridgehead atoms. The first kappa shape index (κ1) is 21.6. The molecule has 1 aromatic rings. The molecule has 2 rings (SSSR count). The topological polar surface area (TPSA) is 116 Å². The van der Waals surface area contributed by atoms with Gasteiger partial charge in [0, 0.05) is 19.9 Å². The van der Waals surface area contributed by atoms with Gasteiger partial charge in [0.15, 0.2) is 11.5 Å². The molecule has 0 aliphatic heterocycles. The first-order valence-electron chi connectivity index (χ1n) is 8.53. The van der Waals surface area contributed by atoms with Gasteiger partial charge in [0.25, 0.3) is 0 Å². The van der Waals surface area contributed by atoms with Crippen LogP contribution in [0.25, 0.3) is 6.08 Å². The van der Waals surface area contributed by atoms with Gasteiger partial charge in [0.1, 0.15) is 17.1 Å². The molecular weight excluding hydrogens is 380 g/mol. The third-order valence-corrected chi connectivity index (χ3v) is 4.04. The summed E-state index contributed by atoms with van der Waals surface area (Å²) in [5, 5.41) is 10.3. The number of hydrogen-bond donors (Lipinski definition) is 1. The summed E-state index contributed by atoms with van der Waals surface area (Å²) in [6.07, 6.45) is 3.63. The summed E-state index contributed by atoms with van der Waals surface area (Å²) in [6.45, 7) is 3.68. The van der Waals surface area contributed by atoms with Gasteiger partial charge in [-0.25, -0.2) is 0 Å². The maximum Gasteiger partial charge on any atom is 0.308 e. The second-order valence-corrected chi connectivity index (χ2v) is 6.29. The van der Waals surface area contributed by atoms with Crippen LogP contribution in [0.1, 0.15) is 26.3 Å². The second-order valence-electron chi connectivity index (χ2n) is 6.29. The van der Waals surface area contributed by atoms with Crippen LogP contribution in [0.5, 0.6) is 5.75 Å². The minimum absolute atomic E-state index is 0.135. The molecule has 1 atom stereocenters. The van der Waals surface area contributed by atoms with Crippen LogP contribution in [0.4, 0.5) is 0 Å². The lowest BCUT2D eigenvalue weighted by molar-refractivity contribution is -0.162. The number of rotatable bonds is 5. The molecule has 0 saturated carbocycles. The van der Waals surface area contributed by atoms with Crippen molar-refractivity contribution < 1.29 is 38.5 Å². The van der Waals surface area contributed by atoms with Crippen molar-refractivity contribution in [1.29, 1.82) is 0 Å². The number of benzene rings is 1. The number of aliphatic hydroxyl groups excluding tert-OH is 1. The van der Waals surface area contributed by atoms with Crippen LogP contribution in [0, 0.1) is 0 Å². The fourth-order valence-corrected chi connectivity index (χ4v) is 2.74. The third-order valence-electron chi connectivity index (χ3n) is 4.04. The molecule has 0 saturated heterocycles. The molecular formula is C21H20O8. The molecule has 8 nitrogen and oxygen atoms in total. The van der Waals surface area contributed by atoms with Crippen molar-refractivity contribution in [2.75, 3.05) is 7.11 Å². The molecule has 0 spiro atoms. The highest BCUT2D eigenvalue weighted by Crippen LogP contribution is 2.33. The number of hydrogen-bond acceptors (Lipinski definition) is 8. The van der Waals surface area contributed by atoms with Gasteiger partial charge in [-0.2, -0.15) is 0 Å². The zero-order chi connectivity index (χ0) is 21.8. The van der Waals surface area contributed by atoms with Gasteiger partial charge >= 0.3 is 11.9 Å². The van der Waals surface area contributed by atoms with Gasteiger partial charge in [-0.1, -0.05) is 18.2 Å². The lowest BCUT2D eigenvalue weighted by Crippen LogP contribution is -2.47. The van der Waals surface area contributed by atoms with E-state index >= 15 is 0 Å². The lowest BCUT2D eigenvalue weighted by atomic mass is 9.83. The summed E-state index contributed by atoms with van der Waals surface area (Å²) >= 11 is 0. The molecule has 0 radical (unpaired) electrons. The molecule has 0 heterocycles. The first-order valence-corrected chi connectivity index (χ1v) is 8.53. The van der Waals surface area contributed by atoms with Gasteiger partial charge in [0.2, 0.25) is 11.4 Å². The van der Waals surface area contributed by atoms with E-state index in [0.29, 0.717) is 11.3 Å². The average molecular weight is 400 g/mol. The molecule has 0 fully saturated rings. The summed E-state index contributed by atoms with van der Waals surface area (Å²) < 4.78 is 15.0. The number of allylic oxidation sites excluding steroid dienone is 2. The molecule has 1 aliphatic carbocycles. The Morgan fingerprint density at radius 2 is 1.69 bits per heavy atom. The van der Waals surface area contributed by atoms with Crippen molar-refractivity contribution in [3.05, 3.63) is 59.1 Å². The van der Waals surface area contributed by atoms with E-state index in [-0.39, 0.29) is 5.76 Å². The zero-order valence-electron chi connectivity index (χ0n) is 16.3. The van der Waals surface area contributed by atoms with Crippen LogP contribution in [-0.4, -0.2) is 41.3 Å². The molecule has 0 unspecified atom stereocenters. The highest BCUT2D eigenvalue weighted by atomic mass is 16.6. The lowest BCUT2D eigenvalue weighted by Gasteiger charge is -2.32. The Labute approximate surface area is 167 Å². The largest absolute Gasteiger partial charge is 0.507 e. The van der Waals surface area contributed by atoms with Crippen LogP contribution in [0.15, 0.2) is 53.5 Å².